The van der Waals surface area contributed by atoms with E-state index in [1.165, 1.54) is 24.0 Å². The van der Waals surface area contributed by atoms with Crippen molar-refractivity contribution in [2.45, 2.75) is 51.9 Å². The van der Waals surface area contributed by atoms with Gasteiger partial charge in [-0.3, -0.25) is 0 Å². The van der Waals surface area contributed by atoms with Gasteiger partial charge in [-0.05, 0) is 80.2 Å². The van der Waals surface area contributed by atoms with Crippen molar-refractivity contribution < 1.29 is 4.74 Å². The fourth-order valence-corrected chi connectivity index (χ4v) is 5.30. The first-order chi connectivity index (χ1) is 17.1. The molecule has 7 nitrogen and oxygen atoms in total. The van der Waals surface area contributed by atoms with Crippen molar-refractivity contribution >= 4 is 17.0 Å². The molecule has 35 heavy (non-hydrogen) atoms. The number of aromatic amines is 1. The predicted octanol–water partition coefficient (Wildman–Crippen LogP) is 5.46. The van der Waals surface area contributed by atoms with E-state index in [9.17, 15) is 0 Å². The SMILES string of the molecule is CNc1ncnc(CC2CCOc3ccc(-c4cnc5nc(C6CC6)[nH]c5c4)cc3CC2C)c1C. The number of nitrogens with zero attached hydrogens (tertiary/aromatic N) is 4. The van der Waals surface area contributed by atoms with Gasteiger partial charge in [-0.1, -0.05) is 13.0 Å². The number of imidazole rings is 1. The Morgan fingerprint density at radius 1 is 1.09 bits per heavy atom. The molecule has 7 heteroatoms. The number of pyridine rings is 1. The third-order valence-corrected chi connectivity index (χ3v) is 7.69. The summed E-state index contributed by atoms with van der Waals surface area (Å²) in [5.74, 6) is 4.58. The first-order valence-electron chi connectivity index (χ1n) is 12.7. The van der Waals surface area contributed by atoms with Crippen LogP contribution in [0.4, 0.5) is 5.82 Å². The summed E-state index contributed by atoms with van der Waals surface area (Å²) in [4.78, 5) is 21.7. The molecule has 1 aliphatic carbocycles. The number of aromatic nitrogens is 5. The maximum absolute atomic E-state index is 6.24. The zero-order valence-corrected chi connectivity index (χ0v) is 20.6. The molecule has 4 heterocycles. The molecule has 0 amide bonds. The summed E-state index contributed by atoms with van der Waals surface area (Å²) in [6.45, 7) is 5.18. The number of ether oxygens (including phenoxy) is 1. The summed E-state index contributed by atoms with van der Waals surface area (Å²) in [5.41, 5.74) is 7.62. The fourth-order valence-electron chi connectivity index (χ4n) is 5.30. The minimum absolute atomic E-state index is 0.494. The van der Waals surface area contributed by atoms with Crippen molar-refractivity contribution in [2.24, 2.45) is 11.8 Å². The number of benzene rings is 1. The highest BCUT2D eigenvalue weighted by Crippen LogP contribution is 2.39. The van der Waals surface area contributed by atoms with Crippen LogP contribution < -0.4 is 10.1 Å². The van der Waals surface area contributed by atoms with E-state index >= 15 is 0 Å². The lowest BCUT2D eigenvalue weighted by atomic mass is 9.81. The Kier molecular flexibility index (Phi) is 5.63. The minimum Gasteiger partial charge on any atom is -0.493 e. The lowest BCUT2D eigenvalue weighted by Crippen LogP contribution is -2.23. The summed E-state index contributed by atoms with van der Waals surface area (Å²) in [5, 5.41) is 3.18. The molecular weight excluding hydrogens is 436 g/mol. The standard InChI is InChI=1S/C28H32N6O/c1-16-10-21-11-20(22-13-24-28(30-14-22)34-27(33-24)18-4-5-18)6-7-25(21)35-9-8-19(16)12-23-17(2)26(29-3)32-15-31-23/h6-7,11,13-16,18-19H,4-5,8-10,12H2,1-3H3,(H,29,31,32)(H,30,33,34). The van der Waals surface area contributed by atoms with Gasteiger partial charge in [-0.2, -0.15) is 0 Å². The Morgan fingerprint density at radius 2 is 1.97 bits per heavy atom. The summed E-state index contributed by atoms with van der Waals surface area (Å²) in [6, 6.07) is 8.73. The van der Waals surface area contributed by atoms with Crippen molar-refractivity contribution in [2.75, 3.05) is 19.0 Å². The molecule has 4 aromatic rings. The van der Waals surface area contributed by atoms with E-state index in [1.807, 2.05) is 13.2 Å². The van der Waals surface area contributed by atoms with Gasteiger partial charge in [-0.25, -0.2) is 19.9 Å². The number of H-pyrrole nitrogens is 1. The van der Waals surface area contributed by atoms with Crippen molar-refractivity contribution in [3.8, 4) is 16.9 Å². The highest BCUT2D eigenvalue weighted by molar-refractivity contribution is 5.78. The molecule has 6 rings (SSSR count). The Balaban J connectivity index is 1.25. The molecule has 0 radical (unpaired) electrons. The maximum Gasteiger partial charge on any atom is 0.177 e. The summed E-state index contributed by atoms with van der Waals surface area (Å²) >= 11 is 0. The highest BCUT2D eigenvalue weighted by atomic mass is 16.5. The van der Waals surface area contributed by atoms with E-state index in [1.54, 1.807) is 6.33 Å². The molecule has 1 aliphatic heterocycles. The zero-order valence-electron chi connectivity index (χ0n) is 20.6. The Labute approximate surface area is 205 Å². The van der Waals surface area contributed by atoms with Gasteiger partial charge < -0.3 is 15.0 Å². The Hall–Kier alpha value is -3.48. The van der Waals surface area contributed by atoms with Crippen LogP contribution in [0, 0.1) is 18.8 Å². The number of hydrogen-bond donors (Lipinski definition) is 2. The second-order valence-corrected chi connectivity index (χ2v) is 10.1. The number of rotatable bonds is 5. The molecule has 0 bridgehead atoms. The van der Waals surface area contributed by atoms with Crippen LogP contribution in [-0.2, 0) is 12.8 Å². The van der Waals surface area contributed by atoms with E-state index in [0.717, 1.165) is 71.2 Å². The van der Waals surface area contributed by atoms with Gasteiger partial charge in [0, 0.05) is 36.0 Å². The molecule has 2 N–H and O–H groups in total. The van der Waals surface area contributed by atoms with Crippen LogP contribution in [0.1, 0.15) is 54.7 Å². The minimum atomic E-state index is 0.494. The summed E-state index contributed by atoms with van der Waals surface area (Å²) < 4.78 is 6.24. The number of nitrogens with one attached hydrogen (secondary N) is 2. The third-order valence-electron chi connectivity index (χ3n) is 7.69. The van der Waals surface area contributed by atoms with E-state index in [2.05, 4.69) is 68.3 Å². The largest absolute Gasteiger partial charge is 0.493 e. The first-order valence-corrected chi connectivity index (χ1v) is 12.7. The van der Waals surface area contributed by atoms with Crippen LogP contribution in [0.5, 0.6) is 5.75 Å². The molecule has 180 valence electrons. The number of hydrogen-bond acceptors (Lipinski definition) is 6. The van der Waals surface area contributed by atoms with Crippen molar-refractivity contribution in [1.82, 2.24) is 24.9 Å². The molecule has 3 aromatic heterocycles. The molecule has 2 atom stereocenters. The van der Waals surface area contributed by atoms with Crippen molar-refractivity contribution in [3.05, 3.63) is 59.4 Å². The third kappa shape index (κ3) is 4.35. The van der Waals surface area contributed by atoms with Crippen LogP contribution >= 0.6 is 0 Å². The van der Waals surface area contributed by atoms with Gasteiger partial charge in [0.1, 0.15) is 23.7 Å². The fraction of sp³-hybridized carbons (Fsp3) is 0.429. The van der Waals surface area contributed by atoms with Gasteiger partial charge in [0.25, 0.3) is 0 Å². The molecule has 1 saturated carbocycles. The van der Waals surface area contributed by atoms with Crippen LogP contribution in [0.2, 0.25) is 0 Å². The monoisotopic (exact) mass is 468 g/mol. The number of anilines is 1. The van der Waals surface area contributed by atoms with E-state index in [-0.39, 0.29) is 0 Å². The van der Waals surface area contributed by atoms with Gasteiger partial charge in [0.2, 0.25) is 0 Å². The molecule has 2 unspecified atom stereocenters. The quantitative estimate of drug-likeness (QED) is 0.404. The predicted molar refractivity (Wildman–Crippen MR) is 138 cm³/mol. The summed E-state index contributed by atoms with van der Waals surface area (Å²) in [7, 11) is 1.91. The van der Waals surface area contributed by atoms with Crippen molar-refractivity contribution in [1.29, 1.82) is 0 Å². The second-order valence-electron chi connectivity index (χ2n) is 10.1. The lowest BCUT2D eigenvalue weighted by Gasteiger charge is -2.28. The van der Waals surface area contributed by atoms with Gasteiger partial charge in [0.15, 0.2) is 5.65 Å². The molecule has 2 aliphatic rings. The molecule has 0 spiro atoms. The Bertz CT molecular complexity index is 1380. The molecular formula is C28H32N6O. The molecule has 0 saturated heterocycles. The smallest absolute Gasteiger partial charge is 0.177 e. The highest BCUT2D eigenvalue weighted by Gasteiger charge is 2.27. The van der Waals surface area contributed by atoms with Crippen LogP contribution in [0.3, 0.4) is 0 Å². The average molecular weight is 469 g/mol. The van der Waals surface area contributed by atoms with Crippen LogP contribution in [0.15, 0.2) is 36.8 Å². The lowest BCUT2D eigenvalue weighted by molar-refractivity contribution is 0.220. The normalized spacial score (nSPS) is 20.1. The topological polar surface area (TPSA) is 88.6 Å². The van der Waals surface area contributed by atoms with Gasteiger partial charge in [0.05, 0.1) is 12.1 Å². The van der Waals surface area contributed by atoms with Gasteiger partial charge >= 0.3 is 0 Å². The van der Waals surface area contributed by atoms with E-state index < -0.39 is 0 Å². The van der Waals surface area contributed by atoms with Crippen molar-refractivity contribution in [3.63, 3.8) is 0 Å². The number of fused-ring (bicyclic) bond motifs is 2. The average Bonchev–Trinajstić information content (AvgIpc) is 3.62. The zero-order chi connectivity index (χ0) is 23.9. The molecule has 1 fully saturated rings. The Morgan fingerprint density at radius 3 is 2.80 bits per heavy atom. The second kappa shape index (κ2) is 8.95. The van der Waals surface area contributed by atoms with E-state index in [4.69, 9.17) is 4.74 Å². The van der Waals surface area contributed by atoms with Gasteiger partial charge in [-0.15, -0.1) is 0 Å². The first kappa shape index (κ1) is 22.0. The summed E-state index contributed by atoms with van der Waals surface area (Å²) in [6.07, 6.45) is 8.99. The van der Waals surface area contributed by atoms with Crippen LogP contribution in [-0.4, -0.2) is 38.6 Å². The molecule has 1 aromatic carbocycles. The van der Waals surface area contributed by atoms with E-state index in [0.29, 0.717) is 17.8 Å². The maximum atomic E-state index is 6.24. The van der Waals surface area contributed by atoms with Crippen LogP contribution in [0.25, 0.3) is 22.3 Å².